The number of rotatable bonds is 3. The van der Waals surface area contributed by atoms with Gasteiger partial charge in [0.25, 0.3) is 0 Å². The molecule has 1 aromatic rings. The third-order valence-electron chi connectivity index (χ3n) is 3.11. The van der Waals surface area contributed by atoms with E-state index in [1.165, 1.54) is 0 Å². The van der Waals surface area contributed by atoms with E-state index in [-0.39, 0.29) is 10.5 Å². The van der Waals surface area contributed by atoms with Crippen LogP contribution in [0, 0.1) is 0 Å². The van der Waals surface area contributed by atoms with Crippen molar-refractivity contribution in [3.05, 3.63) is 28.2 Å². The summed E-state index contributed by atoms with van der Waals surface area (Å²) in [5.74, 6) is 1.91. The van der Waals surface area contributed by atoms with Crippen molar-refractivity contribution >= 4 is 33.5 Å². The van der Waals surface area contributed by atoms with Crippen LogP contribution in [-0.2, 0) is 0 Å². The molecule has 0 amide bonds. The summed E-state index contributed by atoms with van der Waals surface area (Å²) < 4.78 is 5.94. The van der Waals surface area contributed by atoms with Crippen molar-refractivity contribution in [2.45, 2.75) is 24.5 Å². The third-order valence-corrected chi connectivity index (χ3v) is 5.12. The van der Waals surface area contributed by atoms with Gasteiger partial charge >= 0.3 is 0 Å². The van der Waals surface area contributed by atoms with Crippen molar-refractivity contribution in [1.82, 2.24) is 0 Å². The van der Waals surface area contributed by atoms with Crippen molar-refractivity contribution in [3.63, 3.8) is 0 Å². The first kappa shape index (κ1) is 13.0. The minimum Gasteiger partial charge on any atom is -0.496 e. The fourth-order valence-electron chi connectivity index (χ4n) is 2.10. The molecule has 1 heterocycles. The molecule has 4 heteroatoms. The maximum absolute atomic E-state index is 12.5. The van der Waals surface area contributed by atoms with Crippen LogP contribution in [0.1, 0.15) is 30.1 Å². The number of carbonyl (C=O) groups excluding carboxylic acids is 1. The zero-order chi connectivity index (χ0) is 12.5. The standard InChI is InChI=1S/C13H15BrO2S/c1-13(6-3-7-17-13)12(15)10-5-4-9(14)8-11(10)16-2/h4-5,8H,3,6-7H2,1-2H3. The average Bonchev–Trinajstić information content (AvgIpc) is 2.76. The summed E-state index contributed by atoms with van der Waals surface area (Å²) >= 11 is 5.14. The molecule has 1 saturated heterocycles. The van der Waals surface area contributed by atoms with Gasteiger partial charge in [-0.2, -0.15) is 0 Å². The van der Waals surface area contributed by atoms with E-state index in [1.807, 2.05) is 25.1 Å². The van der Waals surface area contributed by atoms with Gasteiger partial charge in [-0.05, 0) is 43.7 Å². The molecule has 0 spiro atoms. The molecule has 1 aromatic carbocycles. The number of halogens is 1. The van der Waals surface area contributed by atoms with Gasteiger partial charge in [-0.1, -0.05) is 15.9 Å². The van der Waals surface area contributed by atoms with Crippen molar-refractivity contribution in [3.8, 4) is 5.75 Å². The van der Waals surface area contributed by atoms with E-state index in [2.05, 4.69) is 15.9 Å². The van der Waals surface area contributed by atoms with Crippen LogP contribution < -0.4 is 4.74 Å². The fourth-order valence-corrected chi connectivity index (χ4v) is 3.70. The summed E-state index contributed by atoms with van der Waals surface area (Å²) in [7, 11) is 1.60. The Hall–Kier alpha value is -0.480. The summed E-state index contributed by atoms with van der Waals surface area (Å²) in [6.07, 6.45) is 2.07. The average molecular weight is 315 g/mol. The van der Waals surface area contributed by atoms with Crippen LogP contribution in [0.25, 0.3) is 0 Å². The number of carbonyl (C=O) groups is 1. The van der Waals surface area contributed by atoms with Crippen molar-refractivity contribution in [2.24, 2.45) is 0 Å². The SMILES string of the molecule is COc1cc(Br)ccc1C(=O)C1(C)CCCS1. The van der Waals surface area contributed by atoms with Crippen LogP contribution in [0.4, 0.5) is 0 Å². The van der Waals surface area contributed by atoms with Gasteiger partial charge in [0.15, 0.2) is 5.78 Å². The molecule has 1 atom stereocenters. The van der Waals surface area contributed by atoms with Gasteiger partial charge in [-0.15, -0.1) is 11.8 Å². The number of benzene rings is 1. The molecule has 0 aromatic heterocycles. The van der Waals surface area contributed by atoms with Gasteiger partial charge in [0.05, 0.1) is 17.4 Å². The zero-order valence-electron chi connectivity index (χ0n) is 9.96. The van der Waals surface area contributed by atoms with Gasteiger partial charge in [-0.25, -0.2) is 0 Å². The first-order chi connectivity index (χ1) is 8.07. The molecule has 2 nitrogen and oxygen atoms in total. The quantitative estimate of drug-likeness (QED) is 0.791. The first-order valence-corrected chi connectivity index (χ1v) is 7.37. The predicted molar refractivity (Wildman–Crippen MR) is 75.1 cm³/mol. The maximum Gasteiger partial charge on any atom is 0.182 e. The van der Waals surface area contributed by atoms with Crippen molar-refractivity contribution in [1.29, 1.82) is 0 Å². The van der Waals surface area contributed by atoms with Crippen LogP contribution in [0.5, 0.6) is 5.75 Å². The molecule has 0 aliphatic carbocycles. The van der Waals surface area contributed by atoms with E-state index in [9.17, 15) is 4.79 Å². The highest BCUT2D eigenvalue weighted by Crippen LogP contribution is 2.41. The van der Waals surface area contributed by atoms with Gasteiger partial charge in [0, 0.05) is 4.47 Å². The number of ketones is 1. The molecular weight excluding hydrogens is 300 g/mol. The summed E-state index contributed by atoms with van der Waals surface area (Å²) in [5, 5.41) is 0. The molecule has 0 bridgehead atoms. The Bertz CT molecular complexity index is 439. The molecular formula is C13H15BrO2S. The molecule has 0 N–H and O–H groups in total. The number of hydrogen-bond acceptors (Lipinski definition) is 3. The largest absolute Gasteiger partial charge is 0.496 e. The second-order valence-corrected chi connectivity index (χ2v) is 6.87. The molecule has 0 radical (unpaired) electrons. The van der Waals surface area contributed by atoms with Crippen molar-refractivity contribution < 1.29 is 9.53 Å². The second kappa shape index (κ2) is 5.02. The molecule has 17 heavy (non-hydrogen) atoms. The van der Waals surface area contributed by atoms with Crippen molar-refractivity contribution in [2.75, 3.05) is 12.9 Å². The molecule has 1 aliphatic rings. The summed E-state index contributed by atoms with van der Waals surface area (Å²) in [5.41, 5.74) is 0.688. The maximum atomic E-state index is 12.5. The number of Topliss-reactive ketones (excluding diaryl/α,β-unsaturated/α-hetero) is 1. The van der Waals surface area contributed by atoms with Gasteiger partial charge in [0.2, 0.25) is 0 Å². The summed E-state index contributed by atoms with van der Waals surface area (Å²) in [6.45, 7) is 2.04. The minimum absolute atomic E-state index is 0.185. The lowest BCUT2D eigenvalue weighted by atomic mass is 9.94. The van der Waals surface area contributed by atoms with E-state index in [1.54, 1.807) is 18.9 Å². The smallest absolute Gasteiger partial charge is 0.182 e. The number of thioether (sulfide) groups is 1. The Balaban J connectivity index is 2.36. The Morgan fingerprint density at radius 1 is 1.53 bits per heavy atom. The molecule has 1 unspecified atom stereocenters. The van der Waals surface area contributed by atoms with E-state index in [4.69, 9.17) is 4.74 Å². The normalized spacial score (nSPS) is 23.7. The monoisotopic (exact) mass is 314 g/mol. The number of ether oxygens (including phenoxy) is 1. The van der Waals surface area contributed by atoms with Gasteiger partial charge in [0.1, 0.15) is 5.75 Å². The number of methoxy groups -OCH3 is 1. The molecule has 1 fully saturated rings. The van der Waals surface area contributed by atoms with Crippen LogP contribution in [0.15, 0.2) is 22.7 Å². The Kier molecular flexibility index (Phi) is 3.83. The fraction of sp³-hybridized carbons (Fsp3) is 0.462. The third kappa shape index (κ3) is 2.52. The second-order valence-electron chi connectivity index (χ2n) is 4.36. The van der Waals surface area contributed by atoms with E-state index in [0.717, 1.165) is 23.1 Å². The molecule has 1 aliphatic heterocycles. The van der Waals surface area contributed by atoms with Crippen LogP contribution in [0.3, 0.4) is 0 Å². The topological polar surface area (TPSA) is 26.3 Å². The molecule has 0 saturated carbocycles. The van der Waals surface area contributed by atoms with Crippen LogP contribution in [0.2, 0.25) is 0 Å². The van der Waals surface area contributed by atoms with Crippen LogP contribution in [-0.4, -0.2) is 23.4 Å². The highest BCUT2D eigenvalue weighted by Gasteiger charge is 2.38. The van der Waals surface area contributed by atoms with Gasteiger partial charge < -0.3 is 4.74 Å². The zero-order valence-corrected chi connectivity index (χ0v) is 12.4. The highest BCUT2D eigenvalue weighted by atomic mass is 79.9. The lowest BCUT2D eigenvalue weighted by Gasteiger charge is -2.22. The lowest BCUT2D eigenvalue weighted by Crippen LogP contribution is -2.29. The first-order valence-electron chi connectivity index (χ1n) is 5.59. The molecule has 2 rings (SSSR count). The number of hydrogen-bond donors (Lipinski definition) is 0. The Morgan fingerprint density at radius 3 is 2.88 bits per heavy atom. The van der Waals surface area contributed by atoms with E-state index >= 15 is 0 Å². The predicted octanol–water partition coefficient (Wildman–Crippen LogP) is 3.93. The Morgan fingerprint density at radius 2 is 2.29 bits per heavy atom. The van der Waals surface area contributed by atoms with E-state index < -0.39 is 0 Å². The van der Waals surface area contributed by atoms with E-state index in [0.29, 0.717) is 11.3 Å². The summed E-state index contributed by atoms with van der Waals surface area (Å²) in [6, 6.07) is 5.57. The highest BCUT2D eigenvalue weighted by molar-refractivity contribution is 9.10. The Labute approximate surface area is 114 Å². The lowest BCUT2D eigenvalue weighted by molar-refractivity contribution is 0.0946. The van der Waals surface area contributed by atoms with Gasteiger partial charge in [-0.3, -0.25) is 4.79 Å². The summed E-state index contributed by atoms with van der Waals surface area (Å²) in [4.78, 5) is 12.5. The van der Waals surface area contributed by atoms with Crippen LogP contribution >= 0.6 is 27.7 Å². The molecule has 92 valence electrons. The minimum atomic E-state index is -0.277.